The Kier molecular flexibility index (Phi) is 2.73. The summed E-state index contributed by atoms with van der Waals surface area (Å²) in [4.78, 5) is 11.1. The van der Waals surface area contributed by atoms with Crippen LogP contribution >= 0.6 is 0 Å². The highest BCUT2D eigenvalue weighted by molar-refractivity contribution is 5.78. The van der Waals surface area contributed by atoms with E-state index in [0.29, 0.717) is 0 Å². The molecule has 0 saturated carbocycles. The summed E-state index contributed by atoms with van der Waals surface area (Å²) >= 11 is 0. The normalized spacial score (nSPS) is 23.6. The van der Waals surface area contributed by atoms with Crippen molar-refractivity contribution in [2.45, 2.75) is 25.6 Å². The first-order chi connectivity index (χ1) is 7.26. The zero-order valence-electron chi connectivity index (χ0n) is 8.90. The van der Waals surface area contributed by atoms with Gasteiger partial charge >= 0.3 is 5.97 Å². The smallest absolute Gasteiger partial charge is 0.338 e. The molecule has 0 bridgehead atoms. The van der Waals surface area contributed by atoms with Gasteiger partial charge in [0.25, 0.3) is 0 Å². The van der Waals surface area contributed by atoms with E-state index in [1.165, 1.54) is 12.7 Å². The Bertz CT molecular complexity index is 356. The molecule has 1 saturated heterocycles. The first-order valence-corrected chi connectivity index (χ1v) is 5.08. The average molecular weight is 206 g/mol. The molecule has 1 aliphatic heterocycles. The lowest BCUT2D eigenvalue weighted by Gasteiger charge is -1.98. The molecule has 1 aliphatic rings. The third-order valence-electron chi connectivity index (χ3n) is 2.64. The number of ether oxygens (including phenoxy) is 2. The van der Waals surface area contributed by atoms with Gasteiger partial charge in [-0.2, -0.15) is 0 Å². The number of esters is 1. The molecule has 2 rings (SSSR count). The molecule has 0 aromatic heterocycles. The molecule has 0 amide bonds. The number of carbonyl (C=O) groups excluding carboxylic acids is 1. The maximum atomic E-state index is 11.1. The van der Waals surface area contributed by atoms with Crippen molar-refractivity contribution < 1.29 is 14.3 Å². The highest BCUT2D eigenvalue weighted by Gasteiger charge is 2.47. The summed E-state index contributed by atoms with van der Waals surface area (Å²) in [6.45, 7) is 2.11. The van der Waals surface area contributed by atoms with Crippen LogP contribution in [0.25, 0.3) is 0 Å². The second-order valence-corrected chi connectivity index (χ2v) is 3.60. The number of methoxy groups -OCH3 is 1. The lowest BCUT2D eigenvalue weighted by Crippen LogP contribution is -2.09. The van der Waals surface area contributed by atoms with Crippen LogP contribution in [0.1, 0.15) is 24.2 Å². The predicted octanol–water partition coefficient (Wildman–Crippen LogP) is 1.86. The van der Waals surface area contributed by atoms with E-state index < -0.39 is 6.10 Å². The van der Waals surface area contributed by atoms with Crippen LogP contribution in [0.15, 0.2) is 24.3 Å². The minimum Gasteiger partial charge on any atom is -0.467 e. The van der Waals surface area contributed by atoms with Gasteiger partial charge in [-0.15, -0.1) is 0 Å². The maximum absolute atomic E-state index is 11.1. The second-order valence-electron chi connectivity index (χ2n) is 3.60. The molecular weight excluding hydrogens is 192 g/mol. The SMILES string of the molecule is CCc1ccc([C@@H]2O[C@H]2C(=O)OC)cc1. The average Bonchev–Trinajstić information content (AvgIpc) is 3.08. The lowest BCUT2D eigenvalue weighted by atomic mass is 10.1. The van der Waals surface area contributed by atoms with Crippen LogP contribution < -0.4 is 0 Å². The molecule has 1 aromatic carbocycles. The number of hydrogen-bond donors (Lipinski definition) is 0. The molecule has 1 aromatic rings. The zero-order chi connectivity index (χ0) is 10.8. The van der Waals surface area contributed by atoms with E-state index in [4.69, 9.17) is 4.74 Å². The fraction of sp³-hybridized carbons (Fsp3) is 0.417. The van der Waals surface area contributed by atoms with E-state index in [-0.39, 0.29) is 12.1 Å². The summed E-state index contributed by atoms with van der Waals surface area (Å²) in [6, 6.07) is 8.13. The van der Waals surface area contributed by atoms with E-state index in [1.807, 2.05) is 12.1 Å². The van der Waals surface area contributed by atoms with E-state index in [0.717, 1.165) is 12.0 Å². The van der Waals surface area contributed by atoms with E-state index >= 15 is 0 Å². The summed E-state index contributed by atoms with van der Waals surface area (Å²) in [7, 11) is 1.38. The fourth-order valence-corrected chi connectivity index (χ4v) is 1.60. The van der Waals surface area contributed by atoms with Crippen LogP contribution in [0, 0.1) is 0 Å². The van der Waals surface area contributed by atoms with Crippen LogP contribution in [0.5, 0.6) is 0 Å². The zero-order valence-corrected chi connectivity index (χ0v) is 8.90. The fourth-order valence-electron chi connectivity index (χ4n) is 1.60. The molecule has 1 heterocycles. The van der Waals surface area contributed by atoms with Crippen molar-refractivity contribution in [2.75, 3.05) is 7.11 Å². The third-order valence-corrected chi connectivity index (χ3v) is 2.64. The van der Waals surface area contributed by atoms with Crippen LogP contribution in [0.2, 0.25) is 0 Å². The van der Waals surface area contributed by atoms with E-state index in [9.17, 15) is 4.79 Å². The Balaban J connectivity index is 2.04. The van der Waals surface area contributed by atoms with Gasteiger partial charge in [-0.25, -0.2) is 4.79 Å². The van der Waals surface area contributed by atoms with Crippen LogP contribution in [0.3, 0.4) is 0 Å². The van der Waals surface area contributed by atoms with Gasteiger partial charge in [-0.3, -0.25) is 0 Å². The maximum Gasteiger partial charge on any atom is 0.338 e. The molecule has 0 radical (unpaired) electrons. The van der Waals surface area contributed by atoms with Crippen molar-refractivity contribution in [1.82, 2.24) is 0 Å². The number of benzene rings is 1. The highest BCUT2D eigenvalue weighted by Crippen LogP contribution is 2.39. The number of aryl methyl sites for hydroxylation is 1. The molecule has 1 fully saturated rings. The molecule has 2 atom stereocenters. The Hall–Kier alpha value is -1.35. The summed E-state index contributed by atoms with van der Waals surface area (Å²) in [6.07, 6.45) is 0.512. The molecule has 3 nitrogen and oxygen atoms in total. The van der Waals surface area contributed by atoms with Gasteiger partial charge in [-0.1, -0.05) is 31.2 Å². The summed E-state index contributed by atoms with van der Waals surface area (Å²) in [5, 5.41) is 0. The van der Waals surface area contributed by atoms with Gasteiger partial charge < -0.3 is 9.47 Å². The number of epoxide rings is 1. The third kappa shape index (κ3) is 2.02. The Morgan fingerprint density at radius 1 is 1.40 bits per heavy atom. The van der Waals surface area contributed by atoms with Crippen molar-refractivity contribution in [3.63, 3.8) is 0 Å². The summed E-state index contributed by atoms with van der Waals surface area (Å²) < 4.78 is 9.86. The molecular formula is C12H14O3. The summed E-state index contributed by atoms with van der Waals surface area (Å²) in [5.41, 5.74) is 2.33. The monoisotopic (exact) mass is 206 g/mol. The number of carbonyl (C=O) groups is 1. The molecule has 0 N–H and O–H groups in total. The molecule has 0 spiro atoms. The van der Waals surface area contributed by atoms with Crippen molar-refractivity contribution >= 4 is 5.97 Å². The van der Waals surface area contributed by atoms with Gasteiger partial charge in [0.05, 0.1) is 7.11 Å². The second kappa shape index (κ2) is 4.03. The number of hydrogen-bond acceptors (Lipinski definition) is 3. The minimum absolute atomic E-state index is 0.108. The first kappa shape index (κ1) is 10.2. The summed E-state index contributed by atoms with van der Waals surface area (Å²) in [5.74, 6) is -0.292. The topological polar surface area (TPSA) is 38.8 Å². The van der Waals surface area contributed by atoms with Crippen molar-refractivity contribution in [3.8, 4) is 0 Å². The van der Waals surface area contributed by atoms with Gasteiger partial charge in [0.15, 0.2) is 6.10 Å². The van der Waals surface area contributed by atoms with Crippen molar-refractivity contribution in [2.24, 2.45) is 0 Å². The minimum atomic E-state index is -0.400. The molecule has 80 valence electrons. The standard InChI is InChI=1S/C12H14O3/c1-3-8-4-6-9(7-5-8)10-11(15-10)12(13)14-2/h4-7,10-11H,3H2,1-2H3/t10-,11+/m0/s1. The van der Waals surface area contributed by atoms with E-state index in [2.05, 4.69) is 23.8 Å². The van der Waals surface area contributed by atoms with Gasteiger partial charge in [0, 0.05) is 0 Å². The van der Waals surface area contributed by atoms with Crippen LogP contribution in [0.4, 0.5) is 0 Å². The van der Waals surface area contributed by atoms with Crippen LogP contribution in [-0.2, 0) is 20.7 Å². The van der Waals surface area contributed by atoms with Crippen molar-refractivity contribution in [3.05, 3.63) is 35.4 Å². The Morgan fingerprint density at radius 2 is 2.07 bits per heavy atom. The lowest BCUT2D eigenvalue weighted by molar-refractivity contribution is -0.142. The molecule has 0 aliphatic carbocycles. The van der Waals surface area contributed by atoms with Gasteiger partial charge in [0.1, 0.15) is 6.10 Å². The van der Waals surface area contributed by atoms with E-state index in [1.54, 1.807) is 0 Å². The molecule has 15 heavy (non-hydrogen) atoms. The van der Waals surface area contributed by atoms with Crippen LogP contribution in [-0.4, -0.2) is 19.2 Å². The highest BCUT2D eigenvalue weighted by atomic mass is 16.6. The largest absolute Gasteiger partial charge is 0.467 e. The first-order valence-electron chi connectivity index (χ1n) is 5.08. The molecule has 3 heteroatoms. The number of rotatable bonds is 3. The Morgan fingerprint density at radius 3 is 2.60 bits per heavy atom. The van der Waals surface area contributed by atoms with Gasteiger partial charge in [-0.05, 0) is 17.5 Å². The quantitative estimate of drug-likeness (QED) is 0.559. The van der Waals surface area contributed by atoms with Crippen molar-refractivity contribution in [1.29, 1.82) is 0 Å². The van der Waals surface area contributed by atoms with Gasteiger partial charge in [0.2, 0.25) is 0 Å². The molecule has 0 unspecified atom stereocenters. The predicted molar refractivity (Wildman–Crippen MR) is 55.5 cm³/mol. The Labute approximate surface area is 89.0 Å².